The lowest BCUT2D eigenvalue weighted by atomic mass is 9.71. The van der Waals surface area contributed by atoms with Crippen LogP contribution in [-0.4, -0.2) is 83.0 Å². The van der Waals surface area contributed by atoms with Gasteiger partial charge in [-0.2, -0.15) is 17.2 Å². The van der Waals surface area contributed by atoms with Crippen molar-refractivity contribution in [3.63, 3.8) is 0 Å². The molecule has 0 amide bonds. The quantitative estimate of drug-likeness (QED) is 0.357. The van der Waals surface area contributed by atoms with Crippen LogP contribution in [0.4, 0.5) is 13.2 Å². The van der Waals surface area contributed by atoms with E-state index in [1.165, 1.54) is 11.8 Å². The highest BCUT2D eigenvalue weighted by Crippen LogP contribution is 2.61. The van der Waals surface area contributed by atoms with E-state index in [4.69, 9.17) is 14.0 Å². The van der Waals surface area contributed by atoms with Crippen molar-refractivity contribution >= 4 is 33.8 Å². The number of rotatable bonds is 9. The van der Waals surface area contributed by atoms with E-state index in [1.54, 1.807) is 13.8 Å². The Kier molecular flexibility index (Phi) is 6.13. The molecule has 3 aliphatic rings. The van der Waals surface area contributed by atoms with E-state index in [-0.39, 0.29) is 10.5 Å². The third-order valence-corrected chi connectivity index (χ3v) is 8.15. The Morgan fingerprint density at radius 1 is 1.33 bits per heavy atom. The van der Waals surface area contributed by atoms with Crippen molar-refractivity contribution < 1.29 is 55.0 Å². The number of carbonyl (C=O) groups is 2. The van der Waals surface area contributed by atoms with E-state index in [1.807, 2.05) is 0 Å². The summed E-state index contributed by atoms with van der Waals surface area (Å²) >= 11 is 1.44. The maximum absolute atomic E-state index is 13.4. The highest BCUT2D eigenvalue weighted by molar-refractivity contribution is 8.01. The van der Waals surface area contributed by atoms with Crippen molar-refractivity contribution in [1.82, 2.24) is 0 Å². The molecule has 3 aliphatic heterocycles. The molecule has 9 nitrogen and oxygen atoms in total. The van der Waals surface area contributed by atoms with Crippen molar-refractivity contribution in [3.8, 4) is 0 Å². The Morgan fingerprint density at radius 2 is 1.97 bits per heavy atom. The number of halogens is 3. The lowest BCUT2D eigenvalue weighted by Gasteiger charge is -2.37. The molecular weight excluding hydrogens is 457 g/mol. The van der Waals surface area contributed by atoms with Gasteiger partial charge >= 0.3 is 27.3 Å². The summed E-state index contributed by atoms with van der Waals surface area (Å²) in [5, 5.41) is 4.89. The van der Waals surface area contributed by atoms with Gasteiger partial charge in [0.2, 0.25) is 0 Å². The van der Waals surface area contributed by atoms with Crippen LogP contribution in [0.25, 0.3) is 0 Å². The molecule has 0 aromatic carbocycles. The number of ether oxygens (including phenoxy) is 3. The zero-order valence-corrected chi connectivity index (χ0v) is 17.5. The van der Waals surface area contributed by atoms with Crippen LogP contribution in [0.15, 0.2) is 0 Å². The summed E-state index contributed by atoms with van der Waals surface area (Å²) < 4.78 is 84.3. The van der Waals surface area contributed by atoms with Gasteiger partial charge in [-0.3, -0.25) is 9.35 Å². The molecule has 14 heteroatoms. The van der Waals surface area contributed by atoms with Crippen molar-refractivity contribution in [2.45, 2.75) is 60.0 Å². The molecule has 0 aromatic rings. The van der Waals surface area contributed by atoms with Crippen LogP contribution < -0.4 is 0 Å². The predicted molar refractivity (Wildman–Crippen MR) is 95.0 cm³/mol. The largest absolute Gasteiger partial charge is 0.464 e. The van der Waals surface area contributed by atoms with Crippen molar-refractivity contribution in [3.05, 3.63) is 0 Å². The molecule has 3 saturated heterocycles. The lowest BCUT2D eigenvalue weighted by Crippen LogP contribution is -2.51. The minimum atomic E-state index is -5.94. The van der Waals surface area contributed by atoms with Gasteiger partial charge in [-0.15, -0.1) is 11.8 Å². The second-order valence-electron chi connectivity index (χ2n) is 7.96. The molecule has 0 spiro atoms. The maximum atomic E-state index is 13.4. The zero-order chi connectivity index (χ0) is 22.6. The Bertz CT molecular complexity index is 813. The van der Waals surface area contributed by atoms with Gasteiger partial charge in [0, 0.05) is 17.6 Å². The molecule has 7 unspecified atom stereocenters. The van der Waals surface area contributed by atoms with E-state index in [0.29, 0.717) is 0 Å². The Balaban J connectivity index is 1.51. The van der Waals surface area contributed by atoms with E-state index < -0.39 is 82.8 Å². The van der Waals surface area contributed by atoms with Gasteiger partial charge in [-0.05, 0) is 13.8 Å². The molecule has 2 bridgehead atoms. The first-order valence-corrected chi connectivity index (χ1v) is 11.4. The first-order chi connectivity index (χ1) is 13.7. The molecule has 2 N–H and O–H groups in total. The van der Waals surface area contributed by atoms with Gasteiger partial charge in [0.05, 0.1) is 23.4 Å². The molecule has 3 heterocycles. The smallest absolute Gasteiger partial charge is 0.400 e. The fourth-order valence-corrected chi connectivity index (χ4v) is 6.85. The van der Waals surface area contributed by atoms with Gasteiger partial charge in [0.25, 0.3) is 0 Å². The number of thioether (sulfide) groups is 1. The number of hydrogen-bond acceptors (Lipinski definition) is 9. The average molecular weight is 478 g/mol. The second-order valence-corrected chi connectivity index (χ2v) is 10.8. The summed E-state index contributed by atoms with van der Waals surface area (Å²) in [6.45, 7) is 1.63. The topological polar surface area (TPSA) is 136 Å². The van der Waals surface area contributed by atoms with Gasteiger partial charge in [-0.1, -0.05) is 0 Å². The standard InChI is InChI=1S/C16H21F3O9S2/c1-15(2,22)9-8-12-11(28-14(8)21)10(13(9)29-12)27-5-7(20)26-4-3-6(17)16(18,19)30(23,24)25/h6,8-13,22H,3-5H2,1-2H3,(H,23,24,25). The molecule has 0 aliphatic carbocycles. The van der Waals surface area contributed by atoms with E-state index >= 15 is 0 Å². The molecular formula is C16H21F3O9S2. The van der Waals surface area contributed by atoms with Gasteiger partial charge in [-0.25, -0.2) is 9.18 Å². The van der Waals surface area contributed by atoms with Gasteiger partial charge in [0.15, 0.2) is 6.17 Å². The summed E-state index contributed by atoms with van der Waals surface area (Å²) in [4.78, 5) is 23.9. The highest BCUT2D eigenvalue weighted by Gasteiger charge is 2.70. The van der Waals surface area contributed by atoms with Gasteiger partial charge in [0.1, 0.15) is 18.8 Å². The maximum Gasteiger partial charge on any atom is 0.400 e. The normalized spacial score (nSPS) is 34.2. The minimum absolute atomic E-state index is 0.213. The van der Waals surface area contributed by atoms with E-state index in [9.17, 15) is 36.3 Å². The fraction of sp³-hybridized carbons (Fsp3) is 0.875. The van der Waals surface area contributed by atoms with E-state index in [2.05, 4.69) is 4.74 Å². The highest BCUT2D eigenvalue weighted by atomic mass is 32.2. The van der Waals surface area contributed by atoms with Crippen LogP contribution in [0, 0.1) is 11.8 Å². The number of hydrogen-bond donors (Lipinski definition) is 2. The number of carbonyl (C=O) groups excluding carboxylic acids is 2. The molecule has 172 valence electrons. The van der Waals surface area contributed by atoms with Crippen molar-refractivity contribution in [1.29, 1.82) is 0 Å². The number of alkyl halides is 3. The summed E-state index contributed by atoms with van der Waals surface area (Å²) in [7, 11) is -5.94. The molecule has 3 fully saturated rings. The Labute approximate surface area is 174 Å². The summed E-state index contributed by atoms with van der Waals surface area (Å²) in [6.07, 6.45) is -5.71. The van der Waals surface area contributed by atoms with E-state index in [0.717, 1.165) is 0 Å². The van der Waals surface area contributed by atoms with Crippen LogP contribution in [-0.2, 0) is 33.9 Å². The summed E-state index contributed by atoms with van der Waals surface area (Å²) in [5.74, 6) is -2.38. The van der Waals surface area contributed by atoms with Crippen LogP contribution in [0.5, 0.6) is 0 Å². The zero-order valence-electron chi connectivity index (χ0n) is 15.9. The number of esters is 2. The molecule has 0 radical (unpaired) electrons. The predicted octanol–water partition coefficient (Wildman–Crippen LogP) is 0.550. The van der Waals surface area contributed by atoms with Crippen LogP contribution in [0.1, 0.15) is 20.3 Å². The molecule has 30 heavy (non-hydrogen) atoms. The van der Waals surface area contributed by atoms with Crippen LogP contribution in [0.3, 0.4) is 0 Å². The lowest BCUT2D eigenvalue weighted by molar-refractivity contribution is -0.156. The fourth-order valence-electron chi connectivity index (χ4n) is 4.17. The number of aliphatic hydroxyl groups is 1. The third-order valence-electron chi connectivity index (χ3n) is 5.46. The first-order valence-electron chi connectivity index (χ1n) is 9.00. The minimum Gasteiger partial charge on any atom is -0.464 e. The summed E-state index contributed by atoms with van der Waals surface area (Å²) in [5.41, 5.74) is -1.19. The second kappa shape index (κ2) is 7.80. The number of fused-ring (bicyclic) bond motifs is 1. The van der Waals surface area contributed by atoms with Crippen molar-refractivity contribution in [2.24, 2.45) is 11.8 Å². The van der Waals surface area contributed by atoms with Crippen LogP contribution in [0.2, 0.25) is 0 Å². The monoisotopic (exact) mass is 478 g/mol. The Morgan fingerprint density at radius 3 is 2.53 bits per heavy atom. The average Bonchev–Trinajstić information content (AvgIpc) is 3.20. The molecule has 0 saturated carbocycles. The summed E-state index contributed by atoms with van der Waals surface area (Å²) in [6, 6.07) is 0. The van der Waals surface area contributed by atoms with Crippen LogP contribution >= 0.6 is 11.8 Å². The molecule has 0 aromatic heterocycles. The SMILES string of the molecule is CC(C)(O)C1C2SC3C(OC(=O)C31)C2OCC(=O)OCCC(F)C(F)(F)S(=O)(=O)O. The first kappa shape index (κ1) is 23.6. The third kappa shape index (κ3) is 4.04. The van der Waals surface area contributed by atoms with Gasteiger partial charge < -0.3 is 19.3 Å². The molecule has 3 rings (SSSR count). The molecule has 7 atom stereocenters. The Hall–Kier alpha value is -1.09. The van der Waals surface area contributed by atoms with Crippen molar-refractivity contribution in [2.75, 3.05) is 13.2 Å².